The number of hydrogen-bond donors (Lipinski definition) is 0. The summed E-state index contributed by atoms with van der Waals surface area (Å²) in [5, 5.41) is 1.00. The van der Waals surface area contributed by atoms with E-state index in [0.717, 1.165) is 72.2 Å². The molecule has 0 spiro atoms. The average molecular weight is 395 g/mol. The largest absolute Gasteiger partial charge is 0.477 e. The molecule has 0 saturated carbocycles. The second kappa shape index (κ2) is 8.37. The minimum atomic E-state index is -0.306. The first-order valence-electron chi connectivity index (χ1n) is 10.2. The highest BCUT2D eigenvalue weighted by atomic mass is 19.1. The summed E-state index contributed by atoms with van der Waals surface area (Å²) < 4.78 is 25.0. The van der Waals surface area contributed by atoms with Crippen molar-refractivity contribution >= 4 is 11.0 Å². The summed E-state index contributed by atoms with van der Waals surface area (Å²) in [6.07, 6.45) is 3.73. The predicted octanol–water partition coefficient (Wildman–Crippen LogP) is 4.98. The van der Waals surface area contributed by atoms with Gasteiger partial charge in [0.2, 0.25) is 0 Å². The number of rotatable bonds is 6. The summed E-state index contributed by atoms with van der Waals surface area (Å²) in [6.45, 7) is 6.11. The van der Waals surface area contributed by atoms with E-state index in [4.69, 9.17) is 9.15 Å². The molecule has 2 aromatic carbocycles. The highest BCUT2D eigenvalue weighted by Crippen LogP contribution is 2.36. The van der Waals surface area contributed by atoms with Gasteiger partial charge in [-0.05, 0) is 55.5 Å². The van der Waals surface area contributed by atoms with E-state index in [1.807, 2.05) is 13.0 Å². The lowest BCUT2D eigenvalue weighted by Gasteiger charge is -2.30. The van der Waals surface area contributed by atoms with E-state index >= 15 is 0 Å². The van der Waals surface area contributed by atoms with Crippen molar-refractivity contribution in [2.24, 2.45) is 0 Å². The van der Waals surface area contributed by atoms with Crippen molar-refractivity contribution in [1.82, 2.24) is 4.90 Å². The van der Waals surface area contributed by atoms with Gasteiger partial charge in [-0.3, -0.25) is 4.90 Å². The van der Waals surface area contributed by atoms with Crippen LogP contribution < -0.4 is 10.4 Å². The standard InChI is InChI=1S/C24H26FNO3/c1-3-4-7-18-13-22(27)29-24-16(2)23-19(12-21(18)24)14-26(15-28-23)10-9-17-6-5-8-20(25)11-17/h5-6,8,11-13H,3-4,7,9-10,14-15H2,1-2H3. The Labute approximate surface area is 169 Å². The third kappa shape index (κ3) is 4.20. The SMILES string of the molecule is CCCCc1cc(=O)oc2c(C)c3c(cc12)CN(CCc1cccc(F)c1)CO3. The van der Waals surface area contributed by atoms with Gasteiger partial charge >= 0.3 is 5.63 Å². The summed E-state index contributed by atoms with van der Waals surface area (Å²) in [7, 11) is 0. The fourth-order valence-electron chi connectivity index (χ4n) is 4.03. The molecule has 4 nitrogen and oxygen atoms in total. The molecule has 29 heavy (non-hydrogen) atoms. The van der Waals surface area contributed by atoms with Gasteiger partial charge in [0.15, 0.2) is 0 Å². The van der Waals surface area contributed by atoms with Crippen LogP contribution in [0.15, 0.2) is 45.6 Å². The highest BCUT2D eigenvalue weighted by Gasteiger charge is 2.23. The zero-order valence-electron chi connectivity index (χ0n) is 17.0. The van der Waals surface area contributed by atoms with Crippen molar-refractivity contribution in [3.63, 3.8) is 0 Å². The summed E-state index contributed by atoms with van der Waals surface area (Å²) in [6, 6.07) is 10.5. The van der Waals surface area contributed by atoms with Crippen LogP contribution in [0.3, 0.4) is 0 Å². The van der Waals surface area contributed by atoms with Crippen LogP contribution in [0.5, 0.6) is 5.75 Å². The van der Waals surface area contributed by atoms with Crippen molar-refractivity contribution in [2.75, 3.05) is 13.3 Å². The maximum absolute atomic E-state index is 13.4. The number of unbranched alkanes of at least 4 members (excludes halogenated alkanes) is 1. The molecule has 1 aliphatic heterocycles. The van der Waals surface area contributed by atoms with Gasteiger partial charge in [0, 0.05) is 35.7 Å². The molecule has 1 aliphatic rings. The van der Waals surface area contributed by atoms with E-state index in [2.05, 4.69) is 17.9 Å². The number of ether oxygens (including phenoxy) is 1. The molecule has 0 saturated heterocycles. The topological polar surface area (TPSA) is 42.7 Å². The molecule has 0 amide bonds. The van der Waals surface area contributed by atoms with E-state index in [9.17, 15) is 9.18 Å². The average Bonchev–Trinajstić information content (AvgIpc) is 2.71. The van der Waals surface area contributed by atoms with Crippen LogP contribution in [-0.2, 0) is 19.4 Å². The molecular formula is C24H26FNO3. The Kier molecular flexibility index (Phi) is 5.67. The first kappa shape index (κ1) is 19.6. The van der Waals surface area contributed by atoms with Crippen molar-refractivity contribution < 1.29 is 13.5 Å². The second-order valence-corrected chi connectivity index (χ2v) is 7.77. The summed E-state index contributed by atoms with van der Waals surface area (Å²) in [4.78, 5) is 14.3. The number of benzene rings is 2. The number of aryl methyl sites for hydroxylation is 2. The molecular weight excluding hydrogens is 369 g/mol. The Morgan fingerprint density at radius 1 is 1.17 bits per heavy atom. The van der Waals surface area contributed by atoms with E-state index in [1.165, 1.54) is 6.07 Å². The Hall–Kier alpha value is -2.66. The summed E-state index contributed by atoms with van der Waals surface area (Å²) >= 11 is 0. The summed E-state index contributed by atoms with van der Waals surface area (Å²) in [5.41, 5.74) is 4.34. The normalized spacial score (nSPS) is 14.0. The maximum atomic E-state index is 13.4. The molecule has 1 aromatic heterocycles. The van der Waals surface area contributed by atoms with Crippen LogP contribution in [0.2, 0.25) is 0 Å². The quantitative estimate of drug-likeness (QED) is 0.552. The van der Waals surface area contributed by atoms with Crippen LogP contribution in [0.1, 0.15) is 42.0 Å². The molecule has 0 atom stereocenters. The third-order valence-electron chi connectivity index (χ3n) is 5.57. The van der Waals surface area contributed by atoms with Crippen LogP contribution in [0.4, 0.5) is 4.39 Å². The van der Waals surface area contributed by atoms with Gasteiger partial charge in [-0.15, -0.1) is 0 Å². The fourth-order valence-corrected chi connectivity index (χ4v) is 4.03. The van der Waals surface area contributed by atoms with Gasteiger partial charge in [0.05, 0.1) is 0 Å². The van der Waals surface area contributed by atoms with Gasteiger partial charge in [-0.2, -0.15) is 0 Å². The lowest BCUT2D eigenvalue weighted by molar-refractivity contribution is 0.0959. The minimum absolute atomic E-state index is 0.203. The molecule has 3 aromatic rings. The van der Waals surface area contributed by atoms with E-state index in [1.54, 1.807) is 18.2 Å². The lowest BCUT2D eigenvalue weighted by Crippen LogP contribution is -2.34. The molecule has 0 fully saturated rings. The molecule has 0 unspecified atom stereocenters. The number of halogens is 1. The maximum Gasteiger partial charge on any atom is 0.336 e. The van der Waals surface area contributed by atoms with Gasteiger partial charge in [-0.25, -0.2) is 9.18 Å². The van der Waals surface area contributed by atoms with E-state index in [0.29, 0.717) is 12.3 Å². The van der Waals surface area contributed by atoms with Crippen molar-refractivity contribution in [3.05, 3.63) is 74.9 Å². The van der Waals surface area contributed by atoms with Crippen LogP contribution >= 0.6 is 0 Å². The molecule has 2 heterocycles. The Morgan fingerprint density at radius 2 is 2.03 bits per heavy atom. The number of nitrogens with zero attached hydrogens (tertiary/aromatic N) is 1. The second-order valence-electron chi connectivity index (χ2n) is 7.77. The molecule has 0 bridgehead atoms. The minimum Gasteiger partial charge on any atom is -0.477 e. The molecule has 0 aliphatic carbocycles. The van der Waals surface area contributed by atoms with Crippen molar-refractivity contribution in [2.45, 2.75) is 46.1 Å². The van der Waals surface area contributed by atoms with Crippen LogP contribution in [0.25, 0.3) is 11.0 Å². The first-order valence-corrected chi connectivity index (χ1v) is 10.2. The predicted molar refractivity (Wildman–Crippen MR) is 112 cm³/mol. The van der Waals surface area contributed by atoms with Gasteiger partial charge in [-0.1, -0.05) is 25.5 Å². The molecule has 0 N–H and O–H groups in total. The van der Waals surface area contributed by atoms with Crippen LogP contribution in [-0.4, -0.2) is 18.2 Å². The summed E-state index contributed by atoms with van der Waals surface area (Å²) in [5.74, 6) is 0.612. The Morgan fingerprint density at radius 3 is 2.83 bits per heavy atom. The smallest absolute Gasteiger partial charge is 0.336 e. The zero-order valence-corrected chi connectivity index (χ0v) is 17.0. The first-order chi connectivity index (χ1) is 14.0. The van der Waals surface area contributed by atoms with Crippen LogP contribution in [0, 0.1) is 12.7 Å². The molecule has 0 radical (unpaired) electrons. The highest BCUT2D eigenvalue weighted by molar-refractivity contribution is 5.86. The monoisotopic (exact) mass is 395 g/mol. The van der Waals surface area contributed by atoms with Gasteiger partial charge in [0.1, 0.15) is 23.9 Å². The molecule has 5 heteroatoms. The number of hydrogen-bond acceptors (Lipinski definition) is 4. The van der Waals surface area contributed by atoms with E-state index in [-0.39, 0.29) is 11.4 Å². The van der Waals surface area contributed by atoms with Gasteiger partial charge < -0.3 is 9.15 Å². The molecule has 152 valence electrons. The number of fused-ring (bicyclic) bond motifs is 2. The third-order valence-corrected chi connectivity index (χ3v) is 5.57. The van der Waals surface area contributed by atoms with Crippen molar-refractivity contribution in [1.29, 1.82) is 0 Å². The molecule has 4 rings (SSSR count). The van der Waals surface area contributed by atoms with Gasteiger partial charge in [0.25, 0.3) is 0 Å². The van der Waals surface area contributed by atoms with Crippen molar-refractivity contribution in [3.8, 4) is 5.75 Å². The van der Waals surface area contributed by atoms with E-state index < -0.39 is 0 Å². The fraction of sp³-hybridized carbons (Fsp3) is 0.375. The lowest BCUT2D eigenvalue weighted by atomic mass is 9.98. The zero-order chi connectivity index (χ0) is 20.4. The Bertz CT molecular complexity index is 1090. The Balaban J connectivity index is 1.60.